The Labute approximate surface area is 98.4 Å². The van der Waals surface area contributed by atoms with Crippen LogP contribution in [0.5, 0.6) is 0 Å². The van der Waals surface area contributed by atoms with Crippen LogP contribution in [-0.2, 0) is 9.47 Å². The summed E-state index contributed by atoms with van der Waals surface area (Å²) in [5.74, 6) is 0.278. The highest BCUT2D eigenvalue weighted by Gasteiger charge is 2.04. The van der Waals surface area contributed by atoms with Gasteiger partial charge in [-0.25, -0.2) is 0 Å². The van der Waals surface area contributed by atoms with Gasteiger partial charge in [-0.1, -0.05) is 0 Å². The summed E-state index contributed by atoms with van der Waals surface area (Å²) in [4.78, 5) is 2.31. The highest BCUT2D eigenvalue weighted by Crippen LogP contribution is 1.99. The van der Waals surface area contributed by atoms with Crippen LogP contribution >= 0.6 is 0 Å². The third kappa shape index (κ3) is 9.89. The molecule has 3 N–H and O–H groups in total. The van der Waals surface area contributed by atoms with Crippen LogP contribution < -0.4 is 5.73 Å². The molecule has 0 spiro atoms. The van der Waals surface area contributed by atoms with Crippen molar-refractivity contribution in [2.75, 3.05) is 47.1 Å². The summed E-state index contributed by atoms with van der Waals surface area (Å²) in [5, 5.41) is 7.13. The van der Waals surface area contributed by atoms with E-state index >= 15 is 0 Å². The fourth-order valence-electron chi connectivity index (χ4n) is 1.43. The number of hydrogen-bond donors (Lipinski definition) is 2. The average molecular weight is 231 g/mol. The number of nitrogens with one attached hydrogen (secondary N) is 1. The number of methoxy groups -OCH3 is 2. The first kappa shape index (κ1) is 15.3. The van der Waals surface area contributed by atoms with Crippen molar-refractivity contribution in [3.05, 3.63) is 0 Å². The molecule has 0 fully saturated rings. The second kappa shape index (κ2) is 10.9. The Bertz CT molecular complexity index is 169. The predicted molar refractivity (Wildman–Crippen MR) is 66.0 cm³/mol. The maximum atomic E-state index is 7.13. The summed E-state index contributed by atoms with van der Waals surface area (Å²) in [6, 6.07) is 0. The molecule has 0 heterocycles. The number of nitrogens with two attached hydrogens (primary N) is 1. The van der Waals surface area contributed by atoms with Gasteiger partial charge in [0.2, 0.25) is 0 Å². The molecule has 0 saturated heterocycles. The van der Waals surface area contributed by atoms with E-state index in [1.54, 1.807) is 14.2 Å². The summed E-state index contributed by atoms with van der Waals surface area (Å²) < 4.78 is 10.1. The molecule has 5 nitrogen and oxygen atoms in total. The molecule has 0 aliphatic carbocycles. The van der Waals surface area contributed by atoms with E-state index in [2.05, 4.69) is 4.90 Å². The normalized spacial score (nSPS) is 10.9. The summed E-state index contributed by atoms with van der Waals surface area (Å²) in [7, 11) is 3.43. The van der Waals surface area contributed by atoms with E-state index < -0.39 is 0 Å². The van der Waals surface area contributed by atoms with E-state index in [-0.39, 0.29) is 5.84 Å². The molecule has 0 aromatic rings. The van der Waals surface area contributed by atoms with E-state index in [0.29, 0.717) is 6.42 Å². The zero-order valence-corrected chi connectivity index (χ0v) is 10.5. The van der Waals surface area contributed by atoms with Crippen molar-refractivity contribution >= 4 is 5.84 Å². The minimum atomic E-state index is 0.278. The lowest BCUT2D eigenvalue weighted by molar-refractivity contribution is 0.113. The standard InChI is InChI=1S/C11H25N3O2/c1-15-9-7-14(8-10-16-2)6-4-3-5-11(12)13/h3-10H2,1-2H3,(H3,12,13). The molecule has 0 rings (SSSR count). The van der Waals surface area contributed by atoms with Crippen molar-refractivity contribution in [1.82, 2.24) is 4.90 Å². The number of amidine groups is 1. The van der Waals surface area contributed by atoms with Crippen LogP contribution in [0.3, 0.4) is 0 Å². The molecule has 0 unspecified atom stereocenters. The van der Waals surface area contributed by atoms with Gasteiger partial charge in [0, 0.05) is 33.7 Å². The van der Waals surface area contributed by atoms with Gasteiger partial charge in [-0.05, 0) is 19.4 Å². The first-order valence-electron chi connectivity index (χ1n) is 5.73. The molecule has 0 bridgehead atoms. The highest BCUT2D eigenvalue weighted by molar-refractivity contribution is 5.76. The zero-order chi connectivity index (χ0) is 12.2. The maximum absolute atomic E-state index is 7.13. The van der Waals surface area contributed by atoms with Gasteiger partial charge in [-0.3, -0.25) is 10.3 Å². The fourth-order valence-corrected chi connectivity index (χ4v) is 1.43. The van der Waals surface area contributed by atoms with Crippen molar-refractivity contribution < 1.29 is 9.47 Å². The molecular formula is C11H25N3O2. The van der Waals surface area contributed by atoms with Gasteiger partial charge in [0.05, 0.1) is 19.0 Å². The number of ether oxygens (including phenoxy) is 2. The quantitative estimate of drug-likeness (QED) is 0.312. The second-order valence-corrected chi connectivity index (χ2v) is 3.81. The summed E-state index contributed by atoms with van der Waals surface area (Å²) in [6.45, 7) is 4.37. The Morgan fingerprint density at radius 1 is 1.06 bits per heavy atom. The Morgan fingerprint density at radius 3 is 2.06 bits per heavy atom. The van der Waals surface area contributed by atoms with Gasteiger partial charge in [0.1, 0.15) is 0 Å². The lowest BCUT2D eigenvalue weighted by atomic mass is 10.2. The first-order valence-corrected chi connectivity index (χ1v) is 5.73. The SMILES string of the molecule is COCCN(CCCCC(=N)N)CCOC. The van der Waals surface area contributed by atoms with Crippen LogP contribution in [0.1, 0.15) is 19.3 Å². The molecule has 0 aromatic heterocycles. The summed E-state index contributed by atoms with van der Waals surface area (Å²) in [6.07, 6.45) is 2.74. The van der Waals surface area contributed by atoms with Gasteiger partial charge >= 0.3 is 0 Å². The van der Waals surface area contributed by atoms with E-state index in [1.807, 2.05) is 0 Å². The Morgan fingerprint density at radius 2 is 1.62 bits per heavy atom. The van der Waals surface area contributed by atoms with Gasteiger partial charge in [0.15, 0.2) is 0 Å². The molecule has 5 heteroatoms. The zero-order valence-electron chi connectivity index (χ0n) is 10.5. The summed E-state index contributed by atoms with van der Waals surface area (Å²) in [5.41, 5.74) is 5.30. The molecule has 0 radical (unpaired) electrons. The Kier molecular flexibility index (Phi) is 10.4. The molecular weight excluding hydrogens is 206 g/mol. The monoisotopic (exact) mass is 231 g/mol. The van der Waals surface area contributed by atoms with Crippen molar-refractivity contribution in [2.24, 2.45) is 5.73 Å². The first-order chi connectivity index (χ1) is 7.70. The molecule has 0 amide bonds. The van der Waals surface area contributed by atoms with E-state index in [9.17, 15) is 0 Å². The van der Waals surface area contributed by atoms with E-state index in [1.165, 1.54) is 0 Å². The number of rotatable bonds is 11. The third-order valence-electron chi connectivity index (χ3n) is 2.39. The Hall–Kier alpha value is -0.650. The minimum Gasteiger partial charge on any atom is -0.388 e. The molecule has 96 valence electrons. The molecule has 0 saturated carbocycles. The molecule has 16 heavy (non-hydrogen) atoms. The smallest absolute Gasteiger partial charge is 0.0905 e. The number of unbranched alkanes of at least 4 members (excludes halogenated alkanes) is 1. The van der Waals surface area contributed by atoms with Crippen LogP contribution in [0.4, 0.5) is 0 Å². The van der Waals surface area contributed by atoms with Crippen LogP contribution in [0.15, 0.2) is 0 Å². The van der Waals surface area contributed by atoms with Crippen molar-refractivity contribution in [2.45, 2.75) is 19.3 Å². The van der Waals surface area contributed by atoms with Gasteiger partial charge in [-0.2, -0.15) is 0 Å². The maximum Gasteiger partial charge on any atom is 0.0905 e. The highest BCUT2D eigenvalue weighted by atomic mass is 16.5. The number of hydrogen-bond acceptors (Lipinski definition) is 4. The van der Waals surface area contributed by atoms with Gasteiger partial charge in [0.25, 0.3) is 0 Å². The van der Waals surface area contributed by atoms with Crippen LogP contribution in [0, 0.1) is 5.41 Å². The molecule has 0 aliphatic rings. The topological polar surface area (TPSA) is 71.6 Å². The lowest BCUT2D eigenvalue weighted by Crippen LogP contribution is -2.31. The van der Waals surface area contributed by atoms with Crippen LogP contribution in [0.2, 0.25) is 0 Å². The minimum absolute atomic E-state index is 0.278. The molecule has 0 aliphatic heterocycles. The van der Waals surface area contributed by atoms with Crippen molar-refractivity contribution in [3.63, 3.8) is 0 Å². The van der Waals surface area contributed by atoms with E-state index in [4.69, 9.17) is 20.6 Å². The van der Waals surface area contributed by atoms with Gasteiger partial charge in [-0.15, -0.1) is 0 Å². The average Bonchev–Trinajstić information content (AvgIpc) is 2.26. The van der Waals surface area contributed by atoms with Crippen LogP contribution in [-0.4, -0.2) is 57.8 Å². The molecule has 0 aromatic carbocycles. The lowest BCUT2D eigenvalue weighted by Gasteiger charge is -2.21. The largest absolute Gasteiger partial charge is 0.388 e. The fraction of sp³-hybridized carbons (Fsp3) is 0.909. The van der Waals surface area contributed by atoms with Crippen LogP contribution in [0.25, 0.3) is 0 Å². The Balaban J connectivity index is 3.59. The van der Waals surface area contributed by atoms with Crippen molar-refractivity contribution in [3.8, 4) is 0 Å². The molecule has 0 atom stereocenters. The predicted octanol–water partition coefficient (Wildman–Crippen LogP) is 0.687. The van der Waals surface area contributed by atoms with Crippen molar-refractivity contribution in [1.29, 1.82) is 5.41 Å². The number of nitrogens with zero attached hydrogens (tertiary/aromatic N) is 1. The van der Waals surface area contributed by atoms with E-state index in [0.717, 1.165) is 45.7 Å². The second-order valence-electron chi connectivity index (χ2n) is 3.81. The van der Waals surface area contributed by atoms with Gasteiger partial charge < -0.3 is 15.2 Å². The summed E-state index contributed by atoms with van der Waals surface area (Å²) >= 11 is 0. The third-order valence-corrected chi connectivity index (χ3v) is 2.39.